The minimum atomic E-state index is -0.502. The number of amides is 1. The van der Waals surface area contributed by atoms with E-state index in [9.17, 15) is 9.59 Å². The molecule has 3 aromatic heterocycles. The van der Waals surface area contributed by atoms with Gasteiger partial charge in [0.1, 0.15) is 5.56 Å². The molecule has 5 aromatic rings. The van der Waals surface area contributed by atoms with Crippen LogP contribution in [0.5, 0.6) is 0 Å². The van der Waals surface area contributed by atoms with Crippen LogP contribution in [0.4, 0.5) is 0 Å². The Hall–Kier alpha value is -4.74. The highest BCUT2D eigenvalue weighted by Crippen LogP contribution is 2.24. The molecule has 1 fully saturated rings. The second kappa shape index (κ2) is 10.2. The van der Waals surface area contributed by atoms with Gasteiger partial charge in [0.05, 0.1) is 23.7 Å². The Morgan fingerprint density at radius 3 is 2.79 bits per heavy atom. The molecule has 1 amide bonds. The highest BCUT2D eigenvalue weighted by Gasteiger charge is 2.23. The van der Waals surface area contributed by atoms with Crippen LogP contribution in [-0.2, 0) is 4.74 Å². The lowest BCUT2D eigenvalue weighted by Crippen LogP contribution is -2.32. The number of carbonyl (C=O) groups is 1. The second-order valence-corrected chi connectivity index (χ2v) is 9.69. The van der Waals surface area contributed by atoms with E-state index in [1.54, 1.807) is 34.5 Å². The lowest BCUT2D eigenvalue weighted by atomic mass is 10.0. The lowest BCUT2D eigenvalue weighted by Gasteiger charge is -2.21. The molecule has 0 aliphatic carbocycles. The molecule has 2 atom stereocenters. The van der Waals surface area contributed by atoms with Gasteiger partial charge >= 0.3 is 0 Å². The molecule has 0 saturated carbocycles. The number of aromatic nitrogens is 4. The van der Waals surface area contributed by atoms with Crippen molar-refractivity contribution in [1.29, 1.82) is 0 Å². The van der Waals surface area contributed by atoms with Crippen molar-refractivity contribution < 1.29 is 9.53 Å². The average molecular weight is 518 g/mol. The standard InChI is InChI=1S/C31H27N5O3/c1-20(33-30(37)27-21(2)34-35-16-7-15-32-29(27)35)26-18-24-9-6-8-23(13-12-22-14-17-39-19-22)28(24)31(38)36(26)25-10-4-3-5-11-25/h3-11,15-16,18,20,22H,14,17,19H2,1-2H3,(H,33,37)/t20-,22?/m1/s1. The van der Waals surface area contributed by atoms with E-state index in [1.807, 2.05) is 61.5 Å². The number of hydrogen-bond acceptors (Lipinski definition) is 5. The van der Waals surface area contributed by atoms with Gasteiger partial charge in [0.15, 0.2) is 5.65 Å². The number of rotatable bonds is 4. The zero-order chi connectivity index (χ0) is 26.9. The molecule has 8 heteroatoms. The van der Waals surface area contributed by atoms with Crippen LogP contribution in [0.25, 0.3) is 22.1 Å². The van der Waals surface area contributed by atoms with E-state index in [0.29, 0.717) is 52.4 Å². The van der Waals surface area contributed by atoms with Crippen LogP contribution >= 0.6 is 0 Å². The molecule has 1 aliphatic rings. The Labute approximate surface area is 225 Å². The maximum absolute atomic E-state index is 14.1. The molecule has 1 unspecified atom stereocenters. The van der Waals surface area contributed by atoms with Gasteiger partial charge in [-0.1, -0.05) is 42.2 Å². The summed E-state index contributed by atoms with van der Waals surface area (Å²) in [7, 11) is 0. The van der Waals surface area contributed by atoms with Gasteiger partial charge in [0, 0.05) is 41.9 Å². The first-order valence-electron chi connectivity index (χ1n) is 13.0. The first-order chi connectivity index (χ1) is 19.0. The number of hydrogen-bond donors (Lipinski definition) is 1. The van der Waals surface area contributed by atoms with Crippen molar-refractivity contribution in [2.75, 3.05) is 13.2 Å². The number of aryl methyl sites for hydroxylation is 1. The summed E-state index contributed by atoms with van der Waals surface area (Å²) in [6.07, 6.45) is 4.29. The minimum Gasteiger partial charge on any atom is -0.380 e. The summed E-state index contributed by atoms with van der Waals surface area (Å²) < 4.78 is 8.71. The van der Waals surface area contributed by atoms with E-state index in [4.69, 9.17) is 4.74 Å². The normalized spacial score (nSPS) is 15.7. The largest absolute Gasteiger partial charge is 0.380 e. The van der Waals surface area contributed by atoms with Crippen molar-refractivity contribution in [1.82, 2.24) is 24.5 Å². The maximum atomic E-state index is 14.1. The third-order valence-corrected chi connectivity index (χ3v) is 7.02. The summed E-state index contributed by atoms with van der Waals surface area (Å²) in [5, 5.41) is 8.81. The molecule has 6 rings (SSSR count). The number of nitrogens with zero attached hydrogens (tertiary/aromatic N) is 4. The van der Waals surface area contributed by atoms with Crippen LogP contribution in [0.3, 0.4) is 0 Å². The minimum absolute atomic E-state index is 0.170. The molecule has 8 nitrogen and oxygen atoms in total. The van der Waals surface area contributed by atoms with E-state index in [2.05, 4.69) is 27.2 Å². The first kappa shape index (κ1) is 24.6. The Morgan fingerprint density at radius 2 is 2.00 bits per heavy atom. The van der Waals surface area contributed by atoms with Crippen LogP contribution in [-0.4, -0.2) is 38.3 Å². The molecule has 0 radical (unpaired) electrons. The van der Waals surface area contributed by atoms with Gasteiger partial charge in [-0.25, -0.2) is 9.50 Å². The Bertz CT molecular complexity index is 1820. The van der Waals surface area contributed by atoms with Crippen molar-refractivity contribution in [3.8, 4) is 17.5 Å². The lowest BCUT2D eigenvalue weighted by molar-refractivity contribution is 0.0939. The molecule has 0 bridgehead atoms. The molecule has 1 aliphatic heterocycles. The summed E-state index contributed by atoms with van der Waals surface area (Å²) >= 11 is 0. The van der Waals surface area contributed by atoms with Gasteiger partial charge in [-0.05, 0) is 56.0 Å². The fourth-order valence-corrected chi connectivity index (χ4v) is 5.08. The van der Waals surface area contributed by atoms with Crippen molar-refractivity contribution in [2.24, 2.45) is 5.92 Å². The topological polar surface area (TPSA) is 90.5 Å². The maximum Gasteiger partial charge on any atom is 0.264 e. The van der Waals surface area contributed by atoms with Crippen LogP contribution in [0, 0.1) is 24.7 Å². The van der Waals surface area contributed by atoms with Gasteiger partial charge in [-0.15, -0.1) is 0 Å². The predicted octanol–water partition coefficient (Wildman–Crippen LogP) is 4.22. The molecule has 0 spiro atoms. The number of fused-ring (bicyclic) bond motifs is 2. The van der Waals surface area contributed by atoms with Crippen molar-refractivity contribution >= 4 is 22.3 Å². The number of carbonyl (C=O) groups excluding carboxylic acids is 1. The second-order valence-electron chi connectivity index (χ2n) is 9.69. The first-order valence-corrected chi connectivity index (χ1v) is 13.0. The summed E-state index contributed by atoms with van der Waals surface area (Å²) in [6.45, 7) is 4.99. The van der Waals surface area contributed by atoms with Gasteiger partial charge < -0.3 is 10.1 Å². The Balaban J connectivity index is 1.46. The third kappa shape index (κ3) is 4.58. The highest BCUT2D eigenvalue weighted by atomic mass is 16.5. The van der Waals surface area contributed by atoms with Crippen molar-refractivity contribution in [2.45, 2.75) is 26.3 Å². The highest BCUT2D eigenvalue weighted by molar-refractivity contribution is 6.01. The fourth-order valence-electron chi connectivity index (χ4n) is 5.08. The van der Waals surface area contributed by atoms with Crippen molar-refractivity contribution in [3.05, 3.63) is 106 Å². The summed E-state index contributed by atoms with van der Waals surface area (Å²) in [4.78, 5) is 32.0. The van der Waals surface area contributed by atoms with E-state index >= 15 is 0 Å². The van der Waals surface area contributed by atoms with E-state index in [1.165, 1.54) is 0 Å². The number of nitrogens with one attached hydrogen (secondary N) is 1. The number of para-hydroxylation sites is 1. The Kier molecular flexibility index (Phi) is 6.43. The van der Waals surface area contributed by atoms with E-state index in [0.717, 1.165) is 11.8 Å². The zero-order valence-electron chi connectivity index (χ0n) is 21.7. The SMILES string of the molecule is Cc1nn2cccnc2c1C(=O)N[C@H](C)c1cc2cccc(C#CC3CCOC3)c2c(=O)n1-c1ccccc1. The molecule has 4 heterocycles. The Morgan fingerprint density at radius 1 is 1.15 bits per heavy atom. The third-order valence-electron chi connectivity index (χ3n) is 7.02. The smallest absolute Gasteiger partial charge is 0.264 e. The van der Waals surface area contributed by atoms with Crippen LogP contribution in [0.1, 0.15) is 46.7 Å². The van der Waals surface area contributed by atoms with Crippen LogP contribution in [0.15, 0.2) is 77.9 Å². The number of ether oxygens (including phenoxy) is 1. The molecule has 194 valence electrons. The average Bonchev–Trinajstić information content (AvgIpc) is 3.59. The molecular formula is C31H27N5O3. The van der Waals surface area contributed by atoms with Crippen LogP contribution in [0.2, 0.25) is 0 Å². The molecule has 39 heavy (non-hydrogen) atoms. The summed E-state index contributed by atoms with van der Waals surface area (Å²) in [5.74, 6) is 6.39. The fraction of sp³-hybridized carbons (Fsp3) is 0.226. The van der Waals surface area contributed by atoms with Gasteiger partial charge in [0.25, 0.3) is 11.5 Å². The van der Waals surface area contributed by atoms with E-state index in [-0.39, 0.29) is 17.4 Å². The monoisotopic (exact) mass is 517 g/mol. The van der Waals surface area contributed by atoms with E-state index < -0.39 is 6.04 Å². The molecular weight excluding hydrogens is 490 g/mol. The summed E-state index contributed by atoms with van der Waals surface area (Å²) in [6, 6.07) is 18.4. The predicted molar refractivity (Wildman–Crippen MR) is 149 cm³/mol. The van der Waals surface area contributed by atoms with Gasteiger partial charge in [-0.3, -0.25) is 14.2 Å². The number of benzene rings is 2. The number of pyridine rings is 1. The van der Waals surface area contributed by atoms with Gasteiger partial charge in [0.2, 0.25) is 0 Å². The summed E-state index contributed by atoms with van der Waals surface area (Å²) in [5.41, 5.74) is 3.33. The van der Waals surface area contributed by atoms with Crippen LogP contribution < -0.4 is 10.9 Å². The quantitative estimate of drug-likeness (QED) is 0.361. The van der Waals surface area contributed by atoms with Gasteiger partial charge in [-0.2, -0.15) is 5.10 Å². The van der Waals surface area contributed by atoms with Crippen molar-refractivity contribution in [3.63, 3.8) is 0 Å². The molecule has 1 saturated heterocycles. The molecule has 1 N–H and O–H groups in total. The zero-order valence-corrected chi connectivity index (χ0v) is 21.7. The molecule has 2 aromatic carbocycles.